The number of unbranched alkanes of at least 4 members (excludes halogenated alkanes) is 34. The van der Waals surface area contributed by atoms with Crippen LogP contribution in [0, 0.1) is 0 Å². The van der Waals surface area contributed by atoms with Crippen LogP contribution < -0.4 is 0 Å². The molecule has 0 saturated carbocycles. The zero-order valence-corrected chi connectivity index (χ0v) is 46.5. The summed E-state index contributed by atoms with van der Waals surface area (Å²) in [6, 6.07) is 0. The molecule has 0 aliphatic heterocycles. The van der Waals surface area contributed by atoms with Crippen molar-refractivity contribution in [3.8, 4) is 0 Å². The molecule has 0 radical (unpaired) electrons. The summed E-state index contributed by atoms with van der Waals surface area (Å²) in [4.78, 5) is 38.2. The number of ether oxygens (including phenoxy) is 3. The second-order valence-electron chi connectivity index (χ2n) is 20.3. The molecule has 0 aliphatic rings. The lowest BCUT2D eigenvalue weighted by molar-refractivity contribution is -0.167. The molecule has 0 aromatic carbocycles. The highest BCUT2D eigenvalue weighted by Gasteiger charge is 2.19. The second-order valence-corrected chi connectivity index (χ2v) is 20.3. The van der Waals surface area contributed by atoms with Crippen LogP contribution in [0.5, 0.6) is 0 Å². The van der Waals surface area contributed by atoms with Gasteiger partial charge < -0.3 is 14.2 Å². The number of carbonyl (C=O) groups excluding carboxylic acids is 3. The second kappa shape index (κ2) is 58.7. The molecule has 0 unspecified atom stereocenters. The third-order valence-corrected chi connectivity index (χ3v) is 13.2. The van der Waals surface area contributed by atoms with Crippen molar-refractivity contribution >= 4 is 17.9 Å². The monoisotopic (exact) mass is 979 g/mol. The highest BCUT2D eigenvalue weighted by atomic mass is 16.6. The minimum atomic E-state index is -0.786. The molecular formula is C64H114O6. The van der Waals surface area contributed by atoms with Crippen LogP contribution in [0.3, 0.4) is 0 Å². The molecule has 0 fully saturated rings. The normalized spacial score (nSPS) is 12.4. The van der Waals surface area contributed by atoms with Crippen molar-refractivity contribution < 1.29 is 28.6 Å². The Labute approximate surface area is 434 Å². The summed E-state index contributed by atoms with van der Waals surface area (Å²) >= 11 is 0. The van der Waals surface area contributed by atoms with Crippen LogP contribution in [0.4, 0.5) is 0 Å². The Kier molecular flexibility index (Phi) is 56.3. The maximum absolute atomic E-state index is 12.9. The van der Waals surface area contributed by atoms with Crippen molar-refractivity contribution in [3.05, 3.63) is 60.8 Å². The van der Waals surface area contributed by atoms with E-state index in [2.05, 4.69) is 81.5 Å². The Hall–Kier alpha value is -2.89. The molecule has 70 heavy (non-hydrogen) atoms. The van der Waals surface area contributed by atoms with Crippen molar-refractivity contribution in [2.45, 2.75) is 316 Å². The number of hydrogen-bond donors (Lipinski definition) is 0. The number of carbonyl (C=O) groups is 3. The molecular weight excluding hydrogens is 865 g/mol. The molecule has 0 amide bonds. The van der Waals surface area contributed by atoms with Gasteiger partial charge in [-0.3, -0.25) is 14.4 Å². The largest absolute Gasteiger partial charge is 0.462 e. The lowest BCUT2D eigenvalue weighted by Gasteiger charge is -2.18. The van der Waals surface area contributed by atoms with Crippen molar-refractivity contribution in [2.24, 2.45) is 0 Å². The maximum atomic E-state index is 12.9. The summed E-state index contributed by atoms with van der Waals surface area (Å²) in [5.41, 5.74) is 0. The van der Waals surface area contributed by atoms with E-state index in [1.807, 2.05) is 0 Å². The topological polar surface area (TPSA) is 78.9 Å². The Bertz CT molecular complexity index is 1260. The highest BCUT2D eigenvalue weighted by Crippen LogP contribution is 2.16. The summed E-state index contributed by atoms with van der Waals surface area (Å²) in [6.45, 7) is 6.61. The smallest absolute Gasteiger partial charge is 0.306 e. The van der Waals surface area contributed by atoms with Gasteiger partial charge in [-0.1, -0.05) is 261 Å². The van der Waals surface area contributed by atoms with Crippen molar-refractivity contribution in [2.75, 3.05) is 13.2 Å². The van der Waals surface area contributed by atoms with Gasteiger partial charge in [-0.05, 0) is 89.9 Å². The standard InChI is InChI=1S/C64H114O6/c1-4-7-10-13-16-19-22-25-27-29-31-32-34-36-38-40-43-46-49-52-55-58-64(67)70-61(59-68-62(65)56-53-50-47-44-41-24-21-18-15-12-9-6-3)60-69-63(66)57-54-51-48-45-42-39-37-35-33-30-28-26-23-20-17-14-11-8-5-2/h17,20,25-28,33,35,39,42,61H,4-16,18-19,21-24,29-32,34,36-38,40-41,43-60H2,1-3H3/b20-17-,27-25-,28-26-,35-33-,42-39-/t61-/m0/s1. The summed E-state index contributed by atoms with van der Waals surface area (Å²) in [5.74, 6) is -0.901. The van der Waals surface area contributed by atoms with Crippen LogP contribution in [0.15, 0.2) is 60.8 Å². The predicted molar refractivity (Wildman–Crippen MR) is 302 cm³/mol. The van der Waals surface area contributed by atoms with Crippen LogP contribution in [0.1, 0.15) is 310 Å². The Morgan fingerprint density at radius 3 is 0.857 bits per heavy atom. The van der Waals surface area contributed by atoms with E-state index in [9.17, 15) is 14.4 Å². The first kappa shape index (κ1) is 67.1. The van der Waals surface area contributed by atoms with Crippen LogP contribution >= 0.6 is 0 Å². The molecule has 0 aromatic heterocycles. The van der Waals surface area contributed by atoms with Crippen molar-refractivity contribution in [3.63, 3.8) is 0 Å². The molecule has 6 nitrogen and oxygen atoms in total. The highest BCUT2D eigenvalue weighted by molar-refractivity contribution is 5.71. The van der Waals surface area contributed by atoms with Gasteiger partial charge in [0.25, 0.3) is 0 Å². The first-order valence-corrected chi connectivity index (χ1v) is 30.3. The molecule has 0 aromatic rings. The number of allylic oxidation sites excluding steroid dienone is 10. The minimum Gasteiger partial charge on any atom is -0.462 e. The van der Waals surface area contributed by atoms with E-state index in [0.717, 1.165) is 83.5 Å². The van der Waals surface area contributed by atoms with E-state index in [1.54, 1.807) is 0 Å². The molecule has 6 heteroatoms. The van der Waals surface area contributed by atoms with Gasteiger partial charge in [0, 0.05) is 19.3 Å². The lowest BCUT2D eigenvalue weighted by atomic mass is 10.0. The van der Waals surface area contributed by atoms with Gasteiger partial charge in [-0.25, -0.2) is 0 Å². The molecule has 0 rings (SSSR count). The lowest BCUT2D eigenvalue weighted by Crippen LogP contribution is -2.30. The summed E-state index contributed by atoms with van der Waals surface area (Å²) < 4.78 is 16.9. The fourth-order valence-corrected chi connectivity index (χ4v) is 8.66. The van der Waals surface area contributed by atoms with Gasteiger partial charge >= 0.3 is 17.9 Å². The van der Waals surface area contributed by atoms with Gasteiger partial charge in [-0.2, -0.15) is 0 Å². The van der Waals surface area contributed by atoms with Gasteiger partial charge in [0.2, 0.25) is 0 Å². The predicted octanol–water partition coefficient (Wildman–Crippen LogP) is 20.4. The van der Waals surface area contributed by atoms with E-state index in [-0.39, 0.29) is 31.1 Å². The SMILES string of the molecule is CCCCC/C=C\C/C=C\C/C=C\C/C=C\CCCCCC(=O)OC[C@H](COC(=O)CCCCCCCCCCCCCC)OC(=O)CCCCCCCCCCCCC/C=C\CCCCCCCC. The first-order chi connectivity index (χ1) is 34.5. The molecule has 0 saturated heterocycles. The van der Waals surface area contributed by atoms with Crippen LogP contribution in [-0.4, -0.2) is 37.2 Å². The quantitative estimate of drug-likeness (QED) is 0.0261. The van der Waals surface area contributed by atoms with E-state index < -0.39 is 6.10 Å². The molecule has 0 aliphatic carbocycles. The zero-order chi connectivity index (χ0) is 50.7. The number of hydrogen-bond acceptors (Lipinski definition) is 6. The van der Waals surface area contributed by atoms with Crippen molar-refractivity contribution in [1.29, 1.82) is 0 Å². The molecule has 0 heterocycles. The van der Waals surface area contributed by atoms with Gasteiger partial charge in [0.05, 0.1) is 0 Å². The summed E-state index contributed by atoms with van der Waals surface area (Å²) in [6.07, 6.45) is 73.6. The van der Waals surface area contributed by atoms with E-state index >= 15 is 0 Å². The fourth-order valence-electron chi connectivity index (χ4n) is 8.66. The van der Waals surface area contributed by atoms with Crippen molar-refractivity contribution in [1.82, 2.24) is 0 Å². The third-order valence-electron chi connectivity index (χ3n) is 13.2. The zero-order valence-electron chi connectivity index (χ0n) is 46.5. The maximum Gasteiger partial charge on any atom is 0.306 e. The third kappa shape index (κ3) is 56.0. The summed E-state index contributed by atoms with van der Waals surface area (Å²) in [7, 11) is 0. The van der Waals surface area contributed by atoms with Gasteiger partial charge in [0.1, 0.15) is 13.2 Å². The molecule has 0 bridgehead atoms. The number of rotatable bonds is 55. The van der Waals surface area contributed by atoms with Crippen LogP contribution in [0.2, 0.25) is 0 Å². The van der Waals surface area contributed by atoms with Crippen LogP contribution in [0.25, 0.3) is 0 Å². The first-order valence-electron chi connectivity index (χ1n) is 30.3. The molecule has 0 N–H and O–H groups in total. The van der Waals surface area contributed by atoms with Crippen LogP contribution in [-0.2, 0) is 28.6 Å². The Morgan fingerprint density at radius 1 is 0.286 bits per heavy atom. The van der Waals surface area contributed by atoms with E-state index in [1.165, 1.54) is 186 Å². The van der Waals surface area contributed by atoms with Gasteiger partial charge in [0.15, 0.2) is 6.10 Å². The average molecular weight is 980 g/mol. The molecule has 1 atom stereocenters. The summed E-state index contributed by atoms with van der Waals surface area (Å²) in [5, 5.41) is 0. The molecule has 406 valence electrons. The van der Waals surface area contributed by atoms with E-state index in [4.69, 9.17) is 14.2 Å². The van der Waals surface area contributed by atoms with Gasteiger partial charge in [-0.15, -0.1) is 0 Å². The number of esters is 3. The Morgan fingerprint density at radius 2 is 0.514 bits per heavy atom. The molecule has 0 spiro atoms. The van der Waals surface area contributed by atoms with E-state index in [0.29, 0.717) is 19.3 Å². The average Bonchev–Trinajstić information content (AvgIpc) is 3.36. The fraction of sp³-hybridized carbons (Fsp3) is 0.797. The minimum absolute atomic E-state index is 0.0818. The Balaban J connectivity index is 4.37.